The summed E-state index contributed by atoms with van der Waals surface area (Å²) in [4.78, 5) is 30.4. The minimum Gasteiger partial charge on any atom is -0.455 e. The normalized spacial score (nSPS) is 13.7. The van der Waals surface area contributed by atoms with Crippen LogP contribution in [0, 0.1) is 13.8 Å². The molecule has 1 fully saturated rings. The van der Waals surface area contributed by atoms with Crippen molar-refractivity contribution in [1.82, 2.24) is 4.98 Å². The van der Waals surface area contributed by atoms with Gasteiger partial charge in [-0.1, -0.05) is 0 Å². The predicted molar refractivity (Wildman–Crippen MR) is 103 cm³/mol. The first kappa shape index (κ1) is 18.4. The van der Waals surface area contributed by atoms with Crippen molar-refractivity contribution in [3.05, 3.63) is 39.8 Å². The smallest absolute Gasteiger partial charge is 0.312 e. The van der Waals surface area contributed by atoms with E-state index < -0.39 is 5.97 Å². The zero-order chi connectivity index (χ0) is 18.5. The van der Waals surface area contributed by atoms with Crippen molar-refractivity contribution in [2.75, 3.05) is 29.9 Å². The third-order valence-corrected chi connectivity index (χ3v) is 5.13. The van der Waals surface area contributed by atoms with Crippen LogP contribution in [0.4, 0.5) is 11.4 Å². The van der Waals surface area contributed by atoms with Crippen LogP contribution in [0.5, 0.6) is 0 Å². The predicted octanol–water partition coefficient (Wildman–Crippen LogP) is 3.08. The van der Waals surface area contributed by atoms with E-state index in [0.29, 0.717) is 5.69 Å². The number of amides is 1. The number of anilines is 2. The third kappa shape index (κ3) is 4.82. The lowest BCUT2D eigenvalue weighted by atomic mass is 10.1. The highest BCUT2D eigenvalue weighted by Gasteiger charge is 2.14. The van der Waals surface area contributed by atoms with E-state index in [0.717, 1.165) is 29.3 Å². The van der Waals surface area contributed by atoms with Crippen LogP contribution >= 0.6 is 11.3 Å². The molecular formula is C19H23N3O3S. The number of hydrogen-bond donors (Lipinski definition) is 1. The molecule has 1 amide bonds. The van der Waals surface area contributed by atoms with Crippen LogP contribution in [-0.2, 0) is 20.7 Å². The van der Waals surface area contributed by atoms with Crippen molar-refractivity contribution in [3.8, 4) is 0 Å². The number of thiazole rings is 1. The number of aromatic nitrogens is 1. The Kier molecular flexibility index (Phi) is 5.88. The number of ether oxygens (including phenoxy) is 1. The summed E-state index contributed by atoms with van der Waals surface area (Å²) in [6.45, 7) is 5.71. The molecule has 2 heterocycles. The van der Waals surface area contributed by atoms with Gasteiger partial charge in [-0.3, -0.25) is 9.59 Å². The average Bonchev–Trinajstić information content (AvgIpc) is 3.27. The Hall–Kier alpha value is -2.41. The van der Waals surface area contributed by atoms with E-state index in [-0.39, 0.29) is 18.9 Å². The topological polar surface area (TPSA) is 71.5 Å². The Morgan fingerprint density at radius 3 is 2.69 bits per heavy atom. The van der Waals surface area contributed by atoms with Crippen LogP contribution in [-0.4, -0.2) is 36.6 Å². The number of benzene rings is 1. The molecule has 1 saturated heterocycles. The average molecular weight is 373 g/mol. The summed E-state index contributed by atoms with van der Waals surface area (Å²) in [6.07, 6.45) is 2.54. The van der Waals surface area contributed by atoms with Crippen molar-refractivity contribution in [3.63, 3.8) is 0 Å². The van der Waals surface area contributed by atoms with Crippen molar-refractivity contribution < 1.29 is 14.3 Å². The first-order chi connectivity index (χ1) is 12.5. The molecule has 2 aromatic rings. The molecule has 0 saturated carbocycles. The summed E-state index contributed by atoms with van der Waals surface area (Å²) in [6, 6.07) is 6.00. The van der Waals surface area contributed by atoms with Crippen LogP contribution in [0.1, 0.15) is 29.1 Å². The maximum absolute atomic E-state index is 12.1. The maximum atomic E-state index is 12.1. The van der Waals surface area contributed by atoms with E-state index in [2.05, 4.69) is 21.3 Å². The van der Waals surface area contributed by atoms with Gasteiger partial charge in [0.05, 0.1) is 17.1 Å². The lowest BCUT2D eigenvalue weighted by molar-refractivity contribution is -0.146. The van der Waals surface area contributed by atoms with E-state index >= 15 is 0 Å². The number of rotatable bonds is 6. The number of carbonyl (C=O) groups is 2. The van der Waals surface area contributed by atoms with Crippen molar-refractivity contribution in [1.29, 1.82) is 0 Å². The van der Waals surface area contributed by atoms with Crippen molar-refractivity contribution in [2.45, 2.75) is 33.1 Å². The van der Waals surface area contributed by atoms with Gasteiger partial charge < -0.3 is 15.0 Å². The van der Waals surface area contributed by atoms with E-state index in [1.54, 1.807) is 0 Å². The first-order valence-corrected chi connectivity index (χ1v) is 9.61. The number of nitrogens with zero attached hydrogens (tertiary/aromatic N) is 2. The highest BCUT2D eigenvalue weighted by atomic mass is 32.1. The first-order valence-electron chi connectivity index (χ1n) is 8.73. The second kappa shape index (κ2) is 8.31. The van der Waals surface area contributed by atoms with Crippen LogP contribution < -0.4 is 10.2 Å². The lowest BCUT2D eigenvalue weighted by Crippen LogP contribution is -2.22. The number of esters is 1. The van der Waals surface area contributed by atoms with Gasteiger partial charge in [-0.2, -0.15) is 0 Å². The standard InChI is InChI=1S/C19H23N3O3S/c1-13-9-16(22-7-3-4-8-22)5-6-17(13)21-18(23)11-25-19(24)10-15-12-26-14(2)20-15/h5-6,9,12H,3-4,7-8,10-11H2,1-2H3,(H,21,23). The Bertz CT molecular complexity index is 797. The fourth-order valence-electron chi connectivity index (χ4n) is 2.98. The molecule has 0 unspecified atom stereocenters. The molecule has 1 aliphatic rings. The minimum absolute atomic E-state index is 0.0845. The number of carbonyl (C=O) groups excluding carboxylic acids is 2. The number of hydrogen-bond acceptors (Lipinski definition) is 6. The third-order valence-electron chi connectivity index (χ3n) is 4.31. The number of aryl methyl sites for hydroxylation is 2. The molecular weight excluding hydrogens is 350 g/mol. The van der Waals surface area contributed by atoms with Gasteiger partial charge in [0, 0.05) is 29.8 Å². The maximum Gasteiger partial charge on any atom is 0.312 e. The van der Waals surface area contributed by atoms with Crippen LogP contribution in [0.25, 0.3) is 0 Å². The summed E-state index contributed by atoms with van der Waals surface area (Å²) in [7, 11) is 0. The summed E-state index contributed by atoms with van der Waals surface area (Å²) < 4.78 is 5.04. The van der Waals surface area contributed by atoms with Crippen molar-refractivity contribution >= 4 is 34.6 Å². The second-order valence-electron chi connectivity index (χ2n) is 6.44. The summed E-state index contributed by atoms with van der Waals surface area (Å²) in [5.74, 6) is -0.795. The summed E-state index contributed by atoms with van der Waals surface area (Å²) >= 11 is 1.48. The Morgan fingerprint density at radius 1 is 1.27 bits per heavy atom. The molecule has 6 nitrogen and oxygen atoms in total. The van der Waals surface area contributed by atoms with Gasteiger partial charge in [0.15, 0.2) is 6.61 Å². The van der Waals surface area contributed by atoms with Crippen LogP contribution in [0.2, 0.25) is 0 Å². The zero-order valence-electron chi connectivity index (χ0n) is 15.1. The fourth-order valence-corrected chi connectivity index (χ4v) is 3.59. The molecule has 0 bridgehead atoms. The minimum atomic E-state index is -0.452. The van der Waals surface area contributed by atoms with E-state index in [1.807, 2.05) is 31.4 Å². The Balaban J connectivity index is 1.49. The molecule has 138 valence electrons. The molecule has 0 radical (unpaired) electrons. The molecule has 1 aliphatic heterocycles. The monoisotopic (exact) mass is 373 g/mol. The van der Waals surface area contributed by atoms with Crippen LogP contribution in [0.15, 0.2) is 23.6 Å². The van der Waals surface area contributed by atoms with Gasteiger partial charge in [-0.05, 0) is 50.5 Å². The Morgan fingerprint density at radius 2 is 2.04 bits per heavy atom. The molecule has 0 aliphatic carbocycles. The van der Waals surface area contributed by atoms with Gasteiger partial charge in [-0.25, -0.2) is 4.98 Å². The van der Waals surface area contributed by atoms with Gasteiger partial charge in [0.1, 0.15) is 0 Å². The Labute approximate surface area is 157 Å². The summed E-state index contributed by atoms with van der Waals surface area (Å²) in [5, 5.41) is 5.53. The van der Waals surface area contributed by atoms with Crippen molar-refractivity contribution in [2.24, 2.45) is 0 Å². The fraction of sp³-hybridized carbons (Fsp3) is 0.421. The van der Waals surface area contributed by atoms with Crippen LogP contribution in [0.3, 0.4) is 0 Å². The molecule has 1 aromatic carbocycles. The largest absolute Gasteiger partial charge is 0.455 e. The van der Waals surface area contributed by atoms with Gasteiger partial charge in [0.25, 0.3) is 5.91 Å². The molecule has 26 heavy (non-hydrogen) atoms. The molecule has 0 spiro atoms. The molecule has 1 N–H and O–H groups in total. The lowest BCUT2D eigenvalue weighted by Gasteiger charge is -2.19. The molecule has 0 atom stereocenters. The highest BCUT2D eigenvalue weighted by molar-refractivity contribution is 7.09. The van der Waals surface area contributed by atoms with Gasteiger partial charge in [0.2, 0.25) is 0 Å². The van der Waals surface area contributed by atoms with E-state index in [1.165, 1.54) is 29.9 Å². The van der Waals surface area contributed by atoms with E-state index in [9.17, 15) is 9.59 Å². The quantitative estimate of drug-likeness (QED) is 0.788. The summed E-state index contributed by atoms with van der Waals surface area (Å²) in [5.41, 5.74) is 3.59. The second-order valence-corrected chi connectivity index (χ2v) is 7.50. The molecule has 1 aromatic heterocycles. The number of nitrogens with one attached hydrogen (secondary N) is 1. The zero-order valence-corrected chi connectivity index (χ0v) is 15.9. The van der Waals surface area contributed by atoms with Gasteiger partial charge >= 0.3 is 5.97 Å². The van der Waals surface area contributed by atoms with Gasteiger partial charge in [-0.15, -0.1) is 11.3 Å². The highest BCUT2D eigenvalue weighted by Crippen LogP contribution is 2.25. The van der Waals surface area contributed by atoms with E-state index in [4.69, 9.17) is 4.74 Å². The molecule has 7 heteroatoms. The molecule has 3 rings (SSSR count). The SMILES string of the molecule is Cc1nc(CC(=O)OCC(=O)Nc2ccc(N3CCCC3)cc2C)cs1.